The van der Waals surface area contributed by atoms with E-state index in [1.165, 1.54) is 6.07 Å². The number of esters is 2. The molecule has 216 valence electrons. The monoisotopic (exact) mass is 562 g/mol. The van der Waals surface area contributed by atoms with E-state index in [1.807, 2.05) is 14.1 Å². The van der Waals surface area contributed by atoms with Crippen molar-refractivity contribution >= 4 is 22.8 Å². The number of carbonyl (C=O) groups excluding carboxylic acids is 2. The number of benzene rings is 1. The zero-order chi connectivity index (χ0) is 29.5. The molecule has 6 rings (SSSR count). The molecule has 0 spiro atoms. The Bertz CT molecular complexity index is 1710. The molecule has 1 aliphatic carbocycles. The summed E-state index contributed by atoms with van der Waals surface area (Å²) in [6, 6.07) is 2.30. The molecule has 2 aliphatic heterocycles. The number of nitrogens with two attached hydrogens (primary N) is 1. The molecule has 0 saturated heterocycles. The van der Waals surface area contributed by atoms with Gasteiger partial charge in [0, 0.05) is 28.6 Å². The maximum atomic E-state index is 15.1. The van der Waals surface area contributed by atoms with Crippen molar-refractivity contribution in [3.05, 3.63) is 61.7 Å². The number of pyridine rings is 2. The maximum absolute atomic E-state index is 15.1. The van der Waals surface area contributed by atoms with Crippen LogP contribution >= 0.6 is 0 Å². The Labute approximate surface area is 237 Å². The zero-order valence-corrected chi connectivity index (χ0v) is 24.3. The van der Waals surface area contributed by atoms with Gasteiger partial charge in [-0.25, -0.2) is 14.2 Å². The Hall–Kier alpha value is -3.63. The van der Waals surface area contributed by atoms with Crippen LogP contribution in [0.3, 0.4) is 0 Å². The van der Waals surface area contributed by atoms with Gasteiger partial charge in [0.05, 0.1) is 29.0 Å². The van der Waals surface area contributed by atoms with Crippen molar-refractivity contribution < 1.29 is 23.5 Å². The molecular weight excluding hydrogens is 527 g/mol. The molecular formula is C31H35FN4O5. The second-order valence-corrected chi connectivity index (χ2v) is 12.0. The summed E-state index contributed by atoms with van der Waals surface area (Å²) in [6.07, 6.45) is 1.60. The SMILES string of the molecule is CC[C@@]1(OC(=O)[C@@H](N)C(C)C)C(=O)OCc2c1cc1n(c2=O)Cc2c-1nc1cc(F)c(C)c3c1c2[C@@H](N(C)C)CC3. The Morgan fingerprint density at radius 1 is 1.27 bits per heavy atom. The average Bonchev–Trinajstić information content (AvgIpc) is 3.31. The Balaban J connectivity index is 1.61. The van der Waals surface area contributed by atoms with Crippen molar-refractivity contribution in [2.45, 2.75) is 77.8 Å². The molecule has 2 N–H and O–H groups in total. The number of rotatable bonds is 5. The highest BCUT2D eigenvalue weighted by molar-refractivity contribution is 5.93. The first kappa shape index (κ1) is 27.5. The van der Waals surface area contributed by atoms with Gasteiger partial charge in [-0.2, -0.15) is 0 Å². The first-order valence-electron chi connectivity index (χ1n) is 14.1. The molecule has 0 amide bonds. The highest BCUT2D eigenvalue weighted by Gasteiger charge is 2.51. The predicted molar refractivity (Wildman–Crippen MR) is 151 cm³/mol. The van der Waals surface area contributed by atoms with Gasteiger partial charge in [-0.1, -0.05) is 20.8 Å². The highest BCUT2D eigenvalue weighted by Crippen LogP contribution is 2.47. The summed E-state index contributed by atoms with van der Waals surface area (Å²) >= 11 is 0. The number of hydrogen-bond acceptors (Lipinski definition) is 8. The van der Waals surface area contributed by atoms with E-state index < -0.39 is 23.6 Å². The predicted octanol–water partition coefficient (Wildman–Crippen LogP) is 3.61. The van der Waals surface area contributed by atoms with Crippen molar-refractivity contribution in [3.8, 4) is 11.4 Å². The van der Waals surface area contributed by atoms with Crippen LogP contribution in [0.4, 0.5) is 4.39 Å². The van der Waals surface area contributed by atoms with E-state index in [9.17, 15) is 14.4 Å². The van der Waals surface area contributed by atoms with E-state index in [0.717, 1.165) is 34.9 Å². The third-order valence-corrected chi connectivity index (χ3v) is 9.20. The molecule has 3 aromatic rings. The van der Waals surface area contributed by atoms with Crippen LogP contribution in [0.5, 0.6) is 0 Å². The van der Waals surface area contributed by atoms with Gasteiger partial charge in [-0.05, 0) is 69.0 Å². The van der Waals surface area contributed by atoms with Gasteiger partial charge in [0.2, 0.25) is 5.60 Å². The Morgan fingerprint density at radius 2 is 2.00 bits per heavy atom. The number of cyclic esters (lactones) is 1. The number of aromatic nitrogens is 2. The molecule has 0 unspecified atom stereocenters. The molecule has 3 atom stereocenters. The number of carbonyl (C=O) groups is 2. The molecule has 10 heteroatoms. The molecule has 0 saturated carbocycles. The van der Waals surface area contributed by atoms with Crippen LogP contribution in [-0.4, -0.2) is 46.5 Å². The van der Waals surface area contributed by atoms with E-state index in [0.29, 0.717) is 34.6 Å². The van der Waals surface area contributed by atoms with Crippen LogP contribution in [0.2, 0.25) is 0 Å². The van der Waals surface area contributed by atoms with E-state index in [1.54, 1.807) is 38.3 Å². The Kier molecular flexibility index (Phi) is 6.35. The van der Waals surface area contributed by atoms with Gasteiger partial charge in [0.25, 0.3) is 5.56 Å². The topological polar surface area (TPSA) is 117 Å². The van der Waals surface area contributed by atoms with E-state index in [-0.39, 0.29) is 41.9 Å². The minimum atomic E-state index is -1.82. The van der Waals surface area contributed by atoms with Gasteiger partial charge in [0.1, 0.15) is 18.5 Å². The van der Waals surface area contributed by atoms with Gasteiger partial charge in [0.15, 0.2) is 0 Å². The largest absolute Gasteiger partial charge is 0.457 e. The number of hydrogen-bond donors (Lipinski definition) is 1. The van der Waals surface area contributed by atoms with E-state index in [4.69, 9.17) is 20.2 Å². The van der Waals surface area contributed by atoms with Crippen LogP contribution in [0.15, 0.2) is 16.9 Å². The number of aryl methyl sites for hydroxylation is 1. The zero-order valence-electron chi connectivity index (χ0n) is 24.3. The summed E-state index contributed by atoms with van der Waals surface area (Å²) < 4.78 is 28.0. The van der Waals surface area contributed by atoms with Crippen LogP contribution in [-0.2, 0) is 44.2 Å². The van der Waals surface area contributed by atoms with Gasteiger partial charge >= 0.3 is 11.9 Å². The smallest absolute Gasteiger partial charge is 0.355 e. The third-order valence-electron chi connectivity index (χ3n) is 9.20. The van der Waals surface area contributed by atoms with E-state index >= 15 is 4.39 Å². The number of nitrogens with zero attached hydrogens (tertiary/aromatic N) is 3. The van der Waals surface area contributed by atoms with Crippen molar-refractivity contribution in [1.82, 2.24) is 14.5 Å². The lowest BCUT2D eigenvalue weighted by Gasteiger charge is -2.36. The maximum Gasteiger partial charge on any atom is 0.355 e. The summed E-state index contributed by atoms with van der Waals surface area (Å²) in [4.78, 5) is 47.4. The second kappa shape index (κ2) is 9.46. The van der Waals surface area contributed by atoms with Crippen molar-refractivity contribution in [3.63, 3.8) is 0 Å². The van der Waals surface area contributed by atoms with Gasteiger partial charge < -0.3 is 24.7 Å². The fourth-order valence-electron chi connectivity index (χ4n) is 6.72. The van der Waals surface area contributed by atoms with Gasteiger partial charge in [-0.3, -0.25) is 9.59 Å². The van der Waals surface area contributed by atoms with Gasteiger partial charge in [-0.15, -0.1) is 0 Å². The molecule has 0 radical (unpaired) electrons. The number of ether oxygens (including phenoxy) is 2. The molecule has 0 bridgehead atoms. The van der Waals surface area contributed by atoms with Crippen molar-refractivity contribution in [2.75, 3.05) is 14.1 Å². The summed E-state index contributed by atoms with van der Waals surface area (Å²) in [6.45, 7) is 7.14. The standard InChI is InChI=1S/C31H35FN4O5/c1-7-31(41-29(38)26(33)14(2)3)19-10-23-27-17(12-36(23)28(37)18(19)13-40-30(31)39)25-22(35(5)6)9-8-16-15(4)20(32)11-21(34-27)24(16)25/h10-11,14,22,26H,7-9,12-13,33H2,1-6H3/t22-,26-,31-/m0/s1. The minimum absolute atomic E-state index is 0.0537. The van der Waals surface area contributed by atoms with Crippen molar-refractivity contribution in [2.24, 2.45) is 11.7 Å². The first-order chi connectivity index (χ1) is 19.4. The lowest BCUT2D eigenvalue weighted by molar-refractivity contribution is -0.190. The van der Waals surface area contributed by atoms with E-state index in [2.05, 4.69) is 4.90 Å². The third kappa shape index (κ3) is 3.80. The Morgan fingerprint density at radius 3 is 2.66 bits per heavy atom. The van der Waals surface area contributed by atoms with Crippen molar-refractivity contribution in [1.29, 1.82) is 0 Å². The number of halogens is 1. The molecule has 3 aliphatic rings. The lowest BCUT2D eigenvalue weighted by atomic mass is 9.81. The van der Waals surface area contributed by atoms with Crippen LogP contribution in [0.1, 0.15) is 73.0 Å². The average molecular weight is 563 g/mol. The van der Waals surface area contributed by atoms with Crippen LogP contribution in [0.25, 0.3) is 22.3 Å². The molecule has 1 aromatic carbocycles. The second-order valence-electron chi connectivity index (χ2n) is 12.0. The fourth-order valence-corrected chi connectivity index (χ4v) is 6.72. The summed E-state index contributed by atoms with van der Waals surface area (Å²) in [5.41, 5.74) is 9.65. The molecule has 9 nitrogen and oxygen atoms in total. The lowest BCUT2D eigenvalue weighted by Crippen LogP contribution is -2.50. The number of fused-ring (bicyclic) bond motifs is 5. The summed E-state index contributed by atoms with van der Waals surface area (Å²) in [7, 11) is 4.04. The summed E-state index contributed by atoms with van der Waals surface area (Å²) in [5, 5.41) is 0.955. The quantitative estimate of drug-likeness (QED) is 0.367. The molecule has 4 heterocycles. The first-order valence-corrected chi connectivity index (χ1v) is 14.1. The molecule has 0 fully saturated rings. The summed E-state index contributed by atoms with van der Waals surface area (Å²) in [5.74, 6) is -2.01. The normalized spacial score (nSPS) is 21.5. The fraction of sp³-hybridized carbons (Fsp3) is 0.484. The van der Waals surface area contributed by atoms with Crippen LogP contribution in [0, 0.1) is 18.7 Å². The minimum Gasteiger partial charge on any atom is -0.457 e. The molecule has 41 heavy (non-hydrogen) atoms. The van der Waals surface area contributed by atoms with Crippen LogP contribution < -0.4 is 11.3 Å². The highest BCUT2D eigenvalue weighted by atomic mass is 19.1. The molecule has 2 aromatic heterocycles.